The van der Waals surface area contributed by atoms with Crippen LogP contribution in [0, 0.1) is 0 Å². The molecule has 1 aromatic heterocycles. The van der Waals surface area contributed by atoms with Gasteiger partial charge in [0.25, 0.3) is 5.91 Å². The molecular formula is C18H17ClN2O3. The van der Waals surface area contributed by atoms with Crippen LogP contribution in [-0.2, 0) is 11.2 Å². The van der Waals surface area contributed by atoms with Crippen LogP contribution in [0.4, 0.5) is 0 Å². The Labute approximate surface area is 144 Å². The van der Waals surface area contributed by atoms with Gasteiger partial charge in [-0.15, -0.1) is 0 Å². The summed E-state index contributed by atoms with van der Waals surface area (Å²) in [6.07, 6.45) is 2.58. The molecule has 0 aliphatic rings. The number of halogens is 1. The van der Waals surface area contributed by atoms with Crippen molar-refractivity contribution in [2.24, 2.45) is 0 Å². The molecule has 3 rings (SSSR count). The first kappa shape index (κ1) is 16.2. The highest BCUT2D eigenvalue weighted by molar-refractivity contribution is 6.30. The second-order valence-corrected chi connectivity index (χ2v) is 5.82. The third-order valence-electron chi connectivity index (χ3n) is 3.65. The Morgan fingerprint density at radius 3 is 2.79 bits per heavy atom. The SMILES string of the molecule is O=C(COc1ccc(Cl)cc1)NCCc1c[nH]c2cc(O)ccc12. The molecule has 3 aromatic rings. The predicted molar refractivity (Wildman–Crippen MR) is 93.6 cm³/mol. The van der Waals surface area contributed by atoms with Crippen LogP contribution in [0.2, 0.25) is 5.02 Å². The number of carbonyl (C=O) groups is 1. The average Bonchev–Trinajstić information content (AvgIpc) is 2.96. The summed E-state index contributed by atoms with van der Waals surface area (Å²) in [6.45, 7) is 0.472. The Kier molecular flexibility index (Phi) is 4.91. The second kappa shape index (κ2) is 7.27. The molecule has 1 heterocycles. The number of H-pyrrole nitrogens is 1. The molecule has 1 amide bonds. The van der Waals surface area contributed by atoms with E-state index in [2.05, 4.69) is 10.3 Å². The molecule has 0 saturated carbocycles. The largest absolute Gasteiger partial charge is 0.508 e. The summed E-state index contributed by atoms with van der Waals surface area (Å²) in [4.78, 5) is 14.9. The number of phenolic OH excluding ortho intramolecular Hbond substituents is 1. The minimum absolute atomic E-state index is 0.0383. The first-order chi connectivity index (χ1) is 11.6. The van der Waals surface area contributed by atoms with Gasteiger partial charge in [-0.1, -0.05) is 11.6 Å². The van der Waals surface area contributed by atoms with Gasteiger partial charge in [-0.25, -0.2) is 0 Å². The van der Waals surface area contributed by atoms with Gasteiger partial charge in [0.15, 0.2) is 6.61 Å². The Bertz CT molecular complexity index is 843. The molecule has 0 atom stereocenters. The van der Waals surface area contributed by atoms with E-state index in [1.165, 1.54) is 0 Å². The van der Waals surface area contributed by atoms with E-state index >= 15 is 0 Å². The number of carbonyl (C=O) groups excluding carboxylic acids is 1. The van der Waals surface area contributed by atoms with Gasteiger partial charge in [0.05, 0.1) is 0 Å². The standard InChI is InChI=1S/C18H17ClN2O3/c19-13-1-4-15(5-2-13)24-11-18(23)20-8-7-12-10-21-17-9-14(22)3-6-16(12)17/h1-6,9-10,21-22H,7-8,11H2,(H,20,23). The molecule has 0 radical (unpaired) electrons. The van der Waals surface area contributed by atoms with E-state index in [1.807, 2.05) is 12.3 Å². The lowest BCUT2D eigenvalue weighted by Gasteiger charge is -2.07. The lowest BCUT2D eigenvalue weighted by Crippen LogP contribution is -2.30. The number of benzene rings is 2. The summed E-state index contributed by atoms with van der Waals surface area (Å²) in [6, 6.07) is 12.1. The van der Waals surface area contributed by atoms with Gasteiger partial charge in [-0.2, -0.15) is 0 Å². The predicted octanol–water partition coefficient (Wildman–Crippen LogP) is 3.26. The molecular weight excluding hydrogens is 328 g/mol. The van der Waals surface area contributed by atoms with Crippen molar-refractivity contribution in [3.63, 3.8) is 0 Å². The monoisotopic (exact) mass is 344 g/mol. The summed E-state index contributed by atoms with van der Waals surface area (Å²) >= 11 is 5.79. The molecule has 0 aliphatic carbocycles. The van der Waals surface area contributed by atoms with E-state index in [9.17, 15) is 9.90 Å². The van der Waals surface area contributed by atoms with Crippen molar-refractivity contribution in [3.05, 3.63) is 59.2 Å². The molecule has 0 spiro atoms. The van der Waals surface area contributed by atoms with Gasteiger partial charge in [0, 0.05) is 34.7 Å². The number of hydrogen-bond donors (Lipinski definition) is 3. The third-order valence-corrected chi connectivity index (χ3v) is 3.90. The fraction of sp³-hybridized carbons (Fsp3) is 0.167. The van der Waals surface area contributed by atoms with Crippen LogP contribution in [-0.4, -0.2) is 29.1 Å². The van der Waals surface area contributed by atoms with Gasteiger partial charge < -0.3 is 20.1 Å². The summed E-state index contributed by atoms with van der Waals surface area (Å²) in [5, 5.41) is 13.9. The number of ether oxygens (including phenoxy) is 1. The van der Waals surface area contributed by atoms with E-state index in [-0.39, 0.29) is 18.3 Å². The van der Waals surface area contributed by atoms with Crippen molar-refractivity contribution in [3.8, 4) is 11.5 Å². The molecule has 0 saturated heterocycles. The molecule has 0 aliphatic heterocycles. The quantitative estimate of drug-likeness (QED) is 0.642. The van der Waals surface area contributed by atoms with Crippen molar-refractivity contribution in [1.29, 1.82) is 0 Å². The molecule has 0 fully saturated rings. The molecule has 6 heteroatoms. The van der Waals surface area contributed by atoms with Gasteiger partial charge in [-0.05, 0) is 48.4 Å². The molecule has 0 bridgehead atoms. The highest BCUT2D eigenvalue weighted by atomic mass is 35.5. The fourth-order valence-electron chi connectivity index (χ4n) is 2.45. The Hall–Kier alpha value is -2.66. The van der Waals surface area contributed by atoms with Crippen LogP contribution in [0.3, 0.4) is 0 Å². The zero-order valence-electron chi connectivity index (χ0n) is 12.9. The Morgan fingerprint density at radius 2 is 2.00 bits per heavy atom. The number of rotatable bonds is 6. The lowest BCUT2D eigenvalue weighted by molar-refractivity contribution is -0.123. The summed E-state index contributed by atoms with van der Waals surface area (Å²) in [7, 11) is 0. The lowest BCUT2D eigenvalue weighted by atomic mass is 10.1. The molecule has 24 heavy (non-hydrogen) atoms. The maximum Gasteiger partial charge on any atom is 0.257 e. The fourth-order valence-corrected chi connectivity index (χ4v) is 2.57. The first-order valence-electron chi connectivity index (χ1n) is 7.56. The van der Waals surface area contributed by atoms with E-state index in [4.69, 9.17) is 16.3 Å². The van der Waals surface area contributed by atoms with Crippen LogP contribution in [0.1, 0.15) is 5.56 Å². The number of fused-ring (bicyclic) bond motifs is 1. The number of phenols is 1. The molecule has 124 valence electrons. The first-order valence-corrected chi connectivity index (χ1v) is 7.93. The third kappa shape index (κ3) is 4.00. The highest BCUT2D eigenvalue weighted by Crippen LogP contribution is 2.22. The van der Waals surface area contributed by atoms with Crippen molar-refractivity contribution in [2.45, 2.75) is 6.42 Å². The zero-order chi connectivity index (χ0) is 16.9. The minimum Gasteiger partial charge on any atom is -0.508 e. The van der Waals surface area contributed by atoms with Crippen LogP contribution >= 0.6 is 11.6 Å². The topological polar surface area (TPSA) is 74.3 Å². The molecule has 3 N–H and O–H groups in total. The minimum atomic E-state index is -0.178. The average molecular weight is 345 g/mol. The van der Waals surface area contributed by atoms with Gasteiger partial charge in [0.1, 0.15) is 11.5 Å². The van der Waals surface area contributed by atoms with E-state index in [1.54, 1.807) is 36.4 Å². The van der Waals surface area contributed by atoms with Crippen molar-refractivity contribution in [1.82, 2.24) is 10.3 Å². The van der Waals surface area contributed by atoms with Crippen LogP contribution in [0.15, 0.2) is 48.7 Å². The Morgan fingerprint density at radius 1 is 1.21 bits per heavy atom. The summed E-state index contributed by atoms with van der Waals surface area (Å²) in [5.74, 6) is 0.650. The van der Waals surface area contributed by atoms with Crippen molar-refractivity contribution in [2.75, 3.05) is 13.2 Å². The van der Waals surface area contributed by atoms with Crippen LogP contribution in [0.5, 0.6) is 11.5 Å². The number of aromatic amines is 1. The van der Waals surface area contributed by atoms with Crippen molar-refractivity contribution < 1.29 is 14.6 Å². The maximum atomic E-state index is 11.8. The van der Waals surface area contributed by atoms with Gasteiger partial charge >= 0.3 is 0 Å². The van der Waals surface area contributed by atoms with E-state index in [0.717, 1.165) is 16.5 Å². The molecule has 5 nitrogen and oxygen atoms in total. The number of aromatic nitrogens is 1. The highest BCUT2D eigenvalue weighted by Gasteiger charge is 2.06. The van der Waals surface area contributed by atoms with E-state index in [0.29, 0.717) is 23.7 Å². The summed E-state index contributed by atoms with van der Waals surface area (Å²) in [5.41, 5.74) is 1.96. The van der Waals surface area contributed by atoms with Gasteiger partial charge in [0.2, 0.25) is 0 Å². The van der Waals surface area contributed by atoms with Crippen LogP contribution < -0.4 is 10.1 Å². The van der Waals surface area contributed by atoms with Crippen LogP contribution in [0.25, 0.3) is 10.9 Å². The normalized spacial score (nSPS) is 10.7. The number of aromatic hydroxyl groups is 1. The number of nitrogens with one attached hydrogen (secondary N) is 2. The van der Waals surface area contributed by atoms with E-state index < -0.39 is 0 Å². The Balaban J connectivity index is 1.47. The summed E-state index contributed by atoms with van der Waals surface area (Å²) < 4.78 is 5.39. The van der Waals surface area contributed by atoms with Gasteiger partial charge in [-0.3, -0.25) is 4.79 Å². The molecule has 0 unspecified atom stereocenters. The smallest absolute Gasteiger partial charge is 0.257 e. The van der Waals surface area contributed by atoms with Crippen molar-refractivity contribution >= 4 is 28.4 Å². The number of amides is 1. The molecule has 2 aromatic carbocycles. The number of hydrogen-bond acceptors (Lipinski definition) is 3. The zero-order valence-corrected chi connectivity index (χ0v) is 13.6. The maximum absolute atomic E-state index is 11.8. The second-order valence-electron chi connectivity index (χ2n) is 5.39.